The van der Waals surface area contributed by atoms with Gasteiger partial charge in [-0.2, -0.15) is 0 Å². The molecule has 0 saturated carbocycles. The maximum atomic E-state index is 11.8. The fraction of sp³-hybridized carbons (Fsp3) is 0.235. The molecule has 0 bridgehead atoms. The minimum atomic E-state index is -0.578. The minimum Gasteiger partial charge on any atom is -0.496 e. The lowest BCUT2D eigenvalue weighted by Gasteiger charge is -2.09. The summed E-state index contributed by atoms with van der Waals surface area (Å²) in [6.07, 6.45) is 0.704. The molecule has 7 heteroatoms. The van der Waals surface area contributed by atoms with Gasteiger partial charge in [0.25, 0.3) is 5.91 Å². The molecule has 1 amide bonds. The Morgan fingerprint density at radius 1 is 1.21 bits per heavy atom. The zero-order valence-electron chi connectivity index (χ0n) is 13.2. The topological polar surface area (TPSA) is 90.7 Å². The van der Waals surface area contributed by atoms with Crippen molar-refractivity contribution in [2.45, 2.75) is 6.42 Å². The predicted octanol–water partition coefficient (Wildman–Crippen LogP) is 2.34. The van der Waals surface area contributed by atoms with Gasteiger partial charge in [0.05, 0.1) is 18.1 Å². The highest BCUT2D eigenvalue weighted by atomic mass is 16.6. The molecule has 1 N–H and O–H groups in total. The molecule has 0 aliphatic heterocycles. The van der Waals surface area contributed by atoms with Gasteiger partial charge in [0.15, 0.2) is 12.4 Å². The molecule has 2 aromatic rings. The van der Waals surface area contributed by atoms with Crippen LogP contribution in [0.2, 0.25) is 0 Å². The third-order valence-electron chi connectivity index (χ3n) is 3.30. The second kappa shape index (κ2) is 8.52. The molecule has 2 aromatic carbocycles. The third-order valence-corrected chi connectivity index (χ3v) is 3.30. The lowest BCUT2D eigenvalue weighted by molar-refractivity contribution is -0.385. The average molecular weight is 330 g/mol. The van der Waals surface area contributed by atoms with Crippen molar-refractivity contribution in [3.05, 3.63) is 64.2 Å². The average Bonchev–Trinajstić information content (AvgIpc) is 2.60. The number of nitro benzene ring substituents is 1. The van der Waals surface area contributed by atoms with Gasteiger partial charge in [-0.05, 0) is 24.1 Å². The molecule has 0 aromatic heterocycles. The quantitative estimate of drug-likeness (QED) is 0.592. The molecule has 126 valence electrons. The largest absolute Gasteiger partial charge is 0.496 e. The fourth-order valence-corrected chi connectivity index (χ4v) is 2.07. The molecule has 0 atom stereocenters. The van der Waals surface area contributed by atoms with Crippen molar-refractivity contribution in [1.29, 1.82) is 0 Å². The smallest absolute Gasteiger partial charge is 0.314 e. The Hall–Kier alpha value is -3.09. The second-order valence-electron chi connectivity index (χ2n) is 4.96. The van der Waals surface area contributed by atoms with Gasteiger partial charge in [-0.15, -0.1) is 0 Å². The first-order valence-corrected chi connectivity index (χ1v) is 7.36. The van der Waals surface area contributed by atoms with Crippen LogP contribution in [0.25, 0.3) is 0 Å². The number of nitrogens with one attached hydrogen (secondary N) is 1. The van der Waals surface area contributed by atoms with Gasteiger partial charge in [-0.25, -0.2) is 0 Å². The van der Waals surface area contributed by atoms with Gasteiger partial charge >= 0.3 is 5.69 Å². The first-order chi connectivity index (χ1) is 11.6. The lowest BCUT2D eigenvalue weighted by Crippen LogP contribution is -2.30. The van der Waals surface area contributed by atoms with Gasteiger partial charge in [0.1, 0.15) is 5.75 Å². The number of nitro groups is 1. The first-order valence-electron chi connectivity index (χ1n) is 7.36. The molecule has 7 nitrogen and oxygen atoms in total. The van der Waals surface area contributed by atoms with Crippen molar-refractivity contribution in [2.24, 2.45) is 0 Å². The van der Waals surface area contributed by atoms with E-state index >= 15 is 0 Å². The summed E-state index contributed by atoms with van der Waals surface area (Å²) in [5.41, 5.74) is 0.871. The van der Waals surface area contributed by atoms with Crippen LogP contribution in [0, 0.1) is 10.1 Å². The van der Waals surface area contributed by atoms with Crippen LogP contribution in [-0.2, 0) is 11.2 Å². The molecule has 0 unspecified atom stereocenters. The van der Waals surface area contributed by atoms with E-state index in [9.17, 15) is 14.9 Å². The molecule has 0 spiro atoms. The number of nitrogens with zero attached hydrogens (tertiary/aromatic N) is 1. The Morgan fingerprint density at radius 2 is 1.96 bits per heavy atom. The van der Waals surface area contributed by atoms with Crippen molar-refractivity contribution in [3.8, 4) is 11.5 Å². The Bertz CT molecular complexity index is 703. The monoisotopic (exact) mass is 330 g/mol. The molecule has 0 aliphatic rings. The molecule has 0 heterocycles. The Morgan fingerprint density at radius 3 is 2.62 bits per heavy atom. The van der Waals surface area contributed by atoms with E-state index in [1.165, 1.54) is 25.3 Å². The van der Waals surface area contributed by atoms with E-state index in [0.717, 1.165) is 5.56 Å². The van der Waals surface area contributed by atoms with Crippen molar-refractivity contribution >= 4 is 11.6 Å². The van der Waals surface area contributed by atoms with E-state index in [1.807, 2.05) is 30.3 Å². The maximum Gasteiger partial charge on any atom is 0.314 e. The Balaban J connectivity index is 1.84. The van der Waals surface area contributed by atoms with Gasteiger partial charge < -0.3 is 14.8 Å². The van der Waals surface area contributed by atoms with Crippen LogP contribution >= 0.6 is 0 Å². The zero-order chi connectivity index (χ0) is 17.4. The summed E-state index contributed by atoms with van der Waals surface area (Å²) in [7, 11) is 1.42. The van der Waals surface area contributed by atoms with Crippen LogP contribution in [0.1, 0.15) is 5.56 Å². The molecule has 0 saturated heterocycles. The summed E-state index contributed by atoms with van der Waals surface area (Å²) in [5, 5.41) is 13.7. The van der Waals surface area contributed by atoms with Crippen LogP contribution in [0.5, 0.6) is 11.5 Å². The number of rotatable bonds is 8. The summed E-state index contributed by atoms with van der Waals surface area (Å²) in [4.78, 5) is 22.2. The van der Waals surface area contributed by atoms with E-state index in [2.05, 4.69) is 5.32 Å². The maximum absolute atomic E-state index is 11.8. The van der Waals surface area contributed by atoms with Gasteiger partial charge in [0, 0.05) is 6.54 Å². The van der Waals surface area contributed by atoms with E-state index in [4.69, 9.17) is 9.47 Å². The van der Waals surface area contributed by atoms with E-state index in [1.54, 1.807) is 0 Å². The minimum absolute atomic E-state index is 0.0269. The summed E-state index contributed by atoms with van der Waals surface area (Å²) in [5.74, 6) is 0.0384. The number of benzene rings is 2. The standard InChI is InChI=1S/C17H18N2O5/c1-23-14-7-8-16(15(11-14)19(21)22)24-12-17(20)18-10-9-13-5-3-2-4-6-13/h2-8,11H,9-10,12H2,1H3,(H,18,20). The Labute approximate surface area is 139 Å². The Kier molecular flexibility index (Phi) is 6.13. The second-order valence-corrected chi connectivity index (χ2v) is 4.96. The van der Waals surface area contributed by atoms with Crippen molar-refractivity contribution in [3.63, 3.8) is 0 Å². The molecular formula is C17H18N2O5. The van der Waals surface area contributed by atoms with Gasteiger partial charge in [0.2, 0.25) is 0 Å². The molecular weight excluding hydrogens is 312 g/mol. The third kappa shape index (κ3) is 4.98. The number of hydrogen-bond acceptors (Lipinski definition) is 5. The highest BCUT2D eigenvalue weighted by Gasteiger charge is 2.17. The molecule has 0 fully saturated rings. The SMILES string of the molecule is COc1ccc(OCC(=O)NCCc2ccccc2)c([N+](=O)[O-])c1. The highest BCUT2D eigenvalue weighted by molar-refractivity contribution is 5.77. The van der Waals surface area contributed by atoms with Crippen LogP contribution in [-0.4, -0.2) is 31.1 Å². The van der Waals surface area contributed by atoms with E-state index < -0.39 is 4.92 Å². The number of amides is 1. The van der Waals surface area contributed by atoms with Crippen molar-refractivity contribution in [1.82, 2.24) is 5.32 Å². The number of methoxy groups -OCH3 is 1. The van der Waals surface area contributed by atoms with Crippen LogP contribution in [0.15, 0.2) is 48.5 Å². The number of hydrogen-bond donors (Lipinski definition) is 1. The van der Waals surface area contributed by atoms with Gasteiger partial charge in [-0.1, -0.05) is 30.3 Å². The van der Waals surface area contributed by atoms with Crippen molar-refractivity contribution in [2.75, 3.05) is 20.3 Å². The molecule has 2 rings (SSSR count). The summed E-state index contributed by atoms with van der Waals surface area (Å²) in [6.45, 7) is 0.179. The molecule has 0 aliphatic carbocycles. The van der Waals surface area contributed by atoms with Gasteiger partial charge in [-0.3, -0.25) is 14.9 Å². The zero-order valence-corrected chi connectivity index (χ0v) is 13.2. The normalized spacial score (nSPS) is 10.0. The number of carbonyl (C=O) groups is 1. The summed E-state index contributed by atoms with van der Waals surface area (Å²) >= 11 is 0. The predicted molar refractivity (Wildman–Crippen MR) is 88.3 cm³/mol. The van der Waals surface area contributed by atoms with Crippen molar-refractivity contribution < 1.29 is 19.2 Å². The lowest BCUT2D eigenvalue weighted by atomic mass is 10.1. The van der Waals surface area contributed by atoms with E-state index in [0.29, 0.717) is 18.7 Å². The summed E-state index contributed by atoms with van der Waals surface area (Å²) in [6, 6.07) is 13.9. The summed E-state index contributed by atoms with van der Waals surface area (Å²) < 4.78 is 10.2. The highest BCUT2D eigenvalue weighted by Crippen LogP contribution is 2.30. The van der Waals surface area contributed by atoms with E-state index in [-0.39, 0.29) is 24.0 Å². The fourth-order valence-electron chi connectivity index (χ4n) is 2.07. The van der Waals surface area contributed by atoms with Crippen LogP contribution < -0.4 is 14.8 Å². The van der Waals surface area contributed by atoms with Crippen LogP contribution in [0.3, 0.4) is 0 Å². The molecule has 24 heavy (non-hydrogen) atoms. The first kappa shape index (κ1) is 17.3. The number of carbonyl (C=O) groups excluding carboxylic acids is 1. The van der Waals surface area contributed by atoms with Crippen LogP contribution in [0.4, 0.5) is 5.69 Å². The number of ether oxygens (including phenoxy) is 2. The molecule has 0 radical (unpaired) electrons.